The lowest BCUT2D eigenvalue weighted by Gasteiger charge is -2.12. The molecule has 0 fully saturated rings. The number of phenolic OH excluding ortho intramolecular Hbond substituents is 12. The van der Waals surface area contributed by atoms with Gasteiger partial charge in [-0.1, -0.05) is 106 Å². The van der Waals surface area contributed by atoms with Crippen molar-refractivity contribution >= 4 is 73.2 Å². The number of fused-ring (bicyclic) bond motifs is 4. The van der Waals surface area contributed by atoms with Gasteiger partial charge in [0, 0.05) is 107 Å². The van der Waals surface area contributed by atoms with E-state index in [0.717, 1.165) is 188 Å². The number of unbranched alkanes of at least 4 members (excludes halogenated alkanes) is 4. The van der Waals surface area contributed by atoms with Crippen molar-refractivity contribution in [3.8, 4) is 69.0 Å². The fourth-order valence-electron chi connectivity index (χ4n) is 17.9. The topological polar surface area (TPSA) is 461 Å². The quantitative estimate of drug-likeness (QED) is 0.0125. The number of aryl methyl sites for hydroxylation is 7. The van der Waals surface area contributed by atoms with E-state index in [0.29, 0.717) is 44.5 Å². The first-order valence-electron chi connectivity index (χ1n) is 50.3. The second-order valence-electron chi connectivity index (χ2n) is 38.1. The molecule has 29 nitrogen and oxygen atoms in total. The summed E-state index contributed by atoms with van der Waals surface area (Å²) in [6.07, 6.45) is 15.2. The number of benzene rings is 12. The van der Waals surface area contributed by atoms with E-state index in [2.05, 4.69) is 33.0 Å². The number of nitrogens with one attached hydrogen (secondary N) is 1. The number of carbonyl (C=O) groups excluding carboxylic acids is 4. The van der Waals surface area contributed by atoms with Crippen LogP contribution in [0.15, 0.2) is 243 Å². The molecule has 29 heteroatoms. The van der Waals surface area contributed by atoms with Crippen molar-refractivity contribution in [2.75, 3.05) is 38.8 Å². The minimum atomic E-state index is -0.975. The van der Waals surface area contributed by atoms with Crippen LogP contribution in [0.1, 0.15) is 204 Å². The monoisotopic (exact) mass is 2030 g/mol. The maximum atomic E-state index is 12.4. The van der Waals surface area contributed by atoms with Crippen LogP contribution in [0.4, 0.5) is 5.69 Å². The Morgan fingerprint density at radius 1 is 0.275 bits per heavy atom. The highest BCUT2D eigenvalue weighted by Gasteiger charge is 2.27. The smallest absolute Gasteiger partial charge is 0.338 e. The maximum Gasteiger partial charge on any atom is 0.338 e. The molecule has 0 aliphatic carbocycles. The molecule has 0 amide bonds. The average molecular weight is 2030 g/mol. The minimum Gasteiger partial charge on any atom is -0.508 e. The summed E-state index contributed by atoms with van der Waals surface area (Å²) in [5.41, 5.74) is 16.7. The SMILES string of the molecule is CCCCc1cc(O)c(Cn2cc(C[C@H](O)COC(=O)c3ccc(C)cc3)c3cc(O)ccc32)c(O)c1.CCCCc1cc(O)c(Cn2cc(C[C@H](O)COC(=O)c3ccc(C)cc3)c3cc(O)ccc32)c(O)c1.CCCCc1cc(O)c(Cn2cc(C[C@H](O)COC(=O)c3ccc(C)cc3)c3cc(O)ccc32)c(O)c1.CCCCc1cc(O)c(Cn2cc(C[C@H](O)COC(=O)c3ccc(NC)cc3)c3cc(O)ccc32)c(O)c1. The zero-order valence-electron chi connectivity index (χ0n) is 85.1. The number of aliphatic hydroxyl groups is 4. The number of aliphatic hydroxyl groups excluding tert-OH is 4. The van der Waals surface area contributed by atoms with Crippen molar-refractivity contribution in [1.29, 1.82) is 0 Å². The number of hydrogen-bond donors (Lipinski definition) is 17. The first kappa shape index (κ1) is 110. The summed E-state index contributed by atoms with van der Waals surface area (Å²) in [6.45, 7) is 14.2. The van der Waals surface area contributed by atoms with E-state index in [9.17, 15) is 101 Å². The van der Waals surface area contributed by atoms with Gasteiger partial charge in [0.15, 0.2) is 0 Å². The van der Waals surface area contributed by atoms with Gasteiger partial charge in [-0.2, -0.15) is 0 Å². The molecule has 0 radical (unpaired) electrons. The molecule has 0 saturated heterocycles. The summed E-state index contributed by atoms with van der Waals surface area (Å²) in [5, 5.41) is 174. The third kappa shape index (κ3) is 29.7. The number of nitrogens with zero attached hydrogens (tertiary/aromatic N) is 4. The molecule has 0 saturated carbocycles. The van der Waals surface area contributed by atoms with Crippen LogP contribution in [-0.4, -0.2) is 182 Å². The molecule has 0 spiro atoms. The van der Waals surface area contributed by atoms with Gasteiger partial charge in [-0.05, 0) is 299 Å². The first-order chi connectivity index (χ1) is 71.5. The molecule has 4 heterocycles. The highest BCUT2D eigenvalue weighted by atomic mass is 16.6. The van der Waals surface area contributed by atoms with Crippen LogP contribution < -0.4 is 5.32 Å². The second kappa shape index (κ2) is 51.8. The Kier molecular flexibility index (Phi) is 38.3. The highest BCUT2D eigenvalue weighted by Crippen LogP contribution is 2.41. The number of rotatable bonds is 41. The fourth-order valence-corrected chi connectivity index (χ4v) is 17.9. The van der Waals surface area contributed by atoms with Crippen molar-refractivity contribution < 1.29 is 120 Å². The molecule has 0 aliphatic rings. The van der Waals surface area contributed by atoms with E-state index in [1.807, 2.05) is 100 Å². The Hall–Kier alpha value is -16.1. The van der Waals surface area contributed by atoms with Gasteiger partial charge in [-0.3, -0.25) is 0 Å². The molecule has 17 N–H and O–H groups in total. The van der Waals surface area contributed by atoms with E-state index in [1.54, 1.807) is 189 Å². The fraction of sp³-hybridized carbons (Fsp3) is 0.300. The normalized spacial score (nSPS) is 12.1. The lowest BCUT2D eigenvalue weighted by atomic mass is 10.0. The van der Waals surface area contributed by atoms with Gasteiger partial charge >= 0.3 is 23.9 Å². The van der Waals surface area contributed by atoms with Crippen LogP contribution in [0, 0.1) is 20.8 Å². The Labute approximate surface area is 864 Å². The molecule has 0 aliphatic heterocycles. The summed E-state index contributed by atoms with van der Waals surface area (Å²) >= 11 is 0. The van der Waals surface area contributed by atoms with E-state index in [1.165, 1.54) is 0 Å². The highest BCUT2D eigenvalue weighted by molar-refractivity contribution is 5.93. The lowest BCUT2D eigenvalue weighted by Crippen LogP contribution is -2.21. The summed E-state index contributed by atoms with van der Waals surface area (Å²) in [7, 11) is 1.79. The minimum absolute atomic E-state index is 0.0213. The Morgan fingerprint density at radius 2 is 0.470 bits per heavy atom. The molecule has 0 bridgehead atoms. The number of carbonyl (C=O) groups is 4. The third-order valence-electron chi connectivity index (χ3n) is 26.1. The summed E-state index contributed by atoms with van der Waals surface area (Å²) in [4.78, 5) is 49.3. The Balaban J connectivity index is 0.000000166. The molecular weight excluding hydrogens is 1900 g/mol. The third-order valence-corrected chi connectivity index (χ3v) is 26.1. The molecule has 4 aromatic heterocycles. The summed E-state index contributed by atoms with van der Waals surface area (Å²) in [5.74, 6) is -1.54. The molecule has 149 heavy (non-hydrogen) atoms. The standard InChI is InChI=1S/C30H34N2O6.3C30H33NO6/c1-3-4-5-19-12-28(35)26(29(36)13-19)17-32-16-21(25-15-23(33)10-11-27(25)32)14-24(34)18-38-30(37)20-6-8-22(31-2)9-7-20;3*1-3-4-5-20-12-28(34)26(29(35)13-20)17-31-16-22(25-15-23(32)10-11-27(25)31)14-24(33)18-37-30(36)21-8-6-19(2)7-9-21/h6-13,15-16,24,31,33-36H,3-5,14,17-18H2,1-2H3;3*6-13,15-16,24,32-35H,3-5,14,17-18H2,1-2H3/t4*24-/m0000/s1. The average Bonchev–Trinajstić information content (AvgIpc) is 1.64. The number of anilines is 1. The van der Waals surface area contributed by atoms with Gasteiger partial charge in [-0.15, -0.1) is 0 Å². The van der Waals surface area contributed by atoms with Crippen LogP contribution >= 0.6 is 0 Å². The van der Waals surface area contributed by atoms with Crippen molar-refractivity contribution in [2.45, 2.75) is 202 Å². The molecule has 12 aromatic carbocycles. The van der Waals surface area contributed by atoms with E-state index < -0.39 is 48.3 Å². The van der Waals surface area contributed by atoms with Crippen LogP contribution in [0.3, 0.4) is 0 Å². The van der Waals surface area contributed by atoms with Crippen molar-refractivity contribution in [3.63, 3.8) is 0 Å². The van der Waals surface area contributed by atoms with E-state index >= 15 is 0 Å². The molecule has 0 unspecified atom stereocenters. The Morgan fingerprint density at radius 3 is 0.658 bits per heavy atom. The molecule has 782 valence electrons. The number of phenols is 12. The molecule has 4 atom stereocenters. The number of esters is 4. The zero-order chi connectivity index (χ0) is 107. The van der Waals surface area contributed by atoms with Gasteiger partial charge in [0.1, 0.15) is 95.4 Å². The number of ether oxygens (including phenoxy) is 4. The maximum absolute atomic E-state index is 12.4. The van der Waals surface area contributed by atoms with Gasteiger partial charge in [-0.25, -0.2) is 19.2 Å². The zero-order valence-corrected chi connectivity index (χ0v) is 85.1. The van der Waals surface area contributed by atoms with Crippen LogP contribution in [0.25, 0.3) is 43.6 Å². The number of aromatic hydroxyl groups is 12. The molecule has 16 aromatic rings. The predicted octanol–water partition coefficient (Wildman–Crippen LogP) is 20.6. The number of hydrogen-bond acceptors (Lipinski definition) is 25. The van der Waals surface area contributed by atoms with Gasteiger partial charge in [0.2, 0.25) is 0 Å². The largest absolute Gasteiger partial charge is 0.508 e. The van der Waals surface area contributed by atoms with Crippen molar-refractivity contribution in [3.05, 3.63) is 349 Å². The van der Waals surface area contributed by atoms with Crippen LogP contribution in [-0.2, 0) is 96.5 Å². The van der Waals surface area contributed by atoms with Crippen molar-refractivity contribution in [1.82, 2.24) is 18.3 Å². The number of aromatic nitrogens is 4. The lowest BCUT2D eigenvalue weighted by molar-refractivity contribution is 0.0256. The predicted molar refractivity (Wildman–Crippen MR) is 574 cm³/mol. The van der Waals surface area contributed by atoms with Crippen LogP contribution in [0.5, 0.6) is 69.0 Å². The second-order valence-corrected chi connectivity index (χ2v) is 38.1. The van der Waals surface area contributed by atoms with E-state index in [4.69, 9.17) is 18.9 Å². The van der Waals surface area contributed by atoms with E-state index in [-0.39, 0.29) is 147 Å². The molecule has 16 rings (SSSR count). The van der Waals surface area contributed by atoms with Gasteiger partial charge in [0.05, 0.1) is 95.1 Å². The summed E-state index contributed by atoms with van der Waals surface area (Å²) < 4.78 is 28.6. The van der Waals surface area contributed by atoms with Crippen molar-refractivity contribution in [2.24, 2.45) is 0 Å². The van der Waals surface area contributed by atoms with Gasteiger partial charge in [0.25, 0.3) is 0 Å². The van der Waals surface area contributed by atoms with Crippen LogP contribution in [0.2, 0.25) is 0 Å². The molecular formula is C120H133N5O24. The van der Waals surface area contributed by atoms with Gasteiger partial charge < -0.3 is 124 Å². The Bertz CT molecular complexity index is 6700. The first-order valence-corrected chi connectivity index (χ1v) is 50.3. The summed E-state index contributed by atoms with van der Waals surface area (Å²) in [6, 6.07) is 61.1.